The van der Waals surface area contributed by atoms with E-state index >= 15 is 0 Å². The van der Waals surface area contributed by atoms with Gasteiger partial charge >= 0.3 is 6.36 Å². The maximum atomic E-state index is 12.5. The van der Waals surface area contributed by atoms with Gasteiger partial charge in [-0.1, -0.05) is 0 Å². The Labute approximate surface area is 69.7 Å². The third kappa shape index (κ3) is 2.89. The van der Waals surface area contributed by atoms with Crippen molar-refractivity contribution in [3.8, 4) is 5.75 Å². The van der Waals surface area contributed by atoms with E-state index in [-0.39, 0.29) is 6.07 Å². The third-order valence-electron chi connectivity index (χ3n) is 1.04. The molecule has 1 aromatic rings. The lowest BCUT2D eigenvalue weighted by molar-refractivity contribution is -0.275. The lowest BCUT2D eigenvalue weighted by atomic mass is 10.3. The molecule has 1 aromatic carbocycles. The molecule has 0 aliphatic heterocycles. The van der Waals surface area contributed by atoms with E-state index < -0.39 is 23.7 Å². The zero-order valence-electron chi connectivity index (χ0n) is 5.95. The molecular weight excluding hydrogens is 195 g/mol. The van der Waals surface area contributed by atoms with Gasteiger partial charge in [-0.2, -0.15) is 0 Å². The molecule has 0 bridgehead atoms. The molecule has 71 valence electrons. The fraction of sp³-hybridized carbons (Fsp3) is 0.143. The maximum absolute atomic E-state index is 12.5. The highest BCUT2D eigenvalue weighted by Crippen LogP contribution is 2.24. The van der Waals surface area contributed by atoms with Crippen LogP contribution in [0.2, 0.25) is 0 Å². The van der Waals surface area contributed by atoms with Crippen LogP contribution in [-0.4, -0.2) is 6.36 Å². The first-order chi connectivity index (χ1) is 5.88. The van der Waals surface area contributed by atoms with E-state index in [1.165, 1.54) is 0 Å². The monoisotopic (exact) mass is 197 g/mol. The third-order valence-corrected chi connectivity index (χ3v) is 1.04. The van der Waals surface area contributed by atoms with Crippen LogP contribution in [0.4, 0.5) is 22.0 Å². The number of halogens is 5. The summed E-state index contributed by atoms with van der Waals surface area (Å²) in [6.45, 7) is 0. The number of rotatable bonds is 1. The molecule has 0 saturated carbocycles. The van der Waals surface area contributed by atoms with Crippen molar-refractivity contribution in [3.05, 3.63) is 29.8 Å². The number of alkyl halides is 3. The molecule has 0 aliphatic carbocycles. The van der Waals surface area contributed by atoms with E-state index in [4.69, 9.17) is 0 Å². The Balaban J connectivity index is 2.90. The summed E-state index contributed by atoms with van der Waals surface area (Å²) in [5.74, 6) is -3.64. The van der Waals surface area contributed by atoms with E-state index in [2.05, 4.69) is 4.74 Å². The number of hydrogen-bond donors (Lipinski definition) is 0. The molecule has 0 aliphatic rings. The quantitative estimate of drug-likeness (QED) is 0.629. The molecule has 0 fully saturated rings. The van der Waals surface area contributed by atoms with Gasteiger partial charge in [-0.25, -0.2) is 8.78 Å². The van der Waals surface area contributed by atoms with Crippen LogP contribution in [0.3, 0.4) is 0 Å². The molecule has 1 nitrogen and oxygen atoms in total. The Morgan fingerprint density at radius 3 is 2.31 bits per heavy atom. The van der Waals surface area contributed by atoms with Crippen molar-refractivity contribution in [2.45, 2.75) is 6.36 Å². The number of ether oxygens (including phenoxy) is 1. The lowest BCUT2D eigenvalue weighted by Gasteiger charge is -2.08. The van der Waals surface area contributed by atoms with Crippen LogP contribution in [0.25, 0.3) is 0 Å². The average Bonchev–Trinajstić information content (AvgIpc) is 1.93. The van der Waals surface area contributed by atoms with Gasteiger partial charge in [0.05, 0.1) is 0 Å². The highest BCUT2D eigenvalue weighted by Gasteiger charge is 2.32. The standard InChI is InChI=1S/C7H2F5O/c8-4-1-2-6(5(9)3-4)13-7(10,11)12/h1,3H. The van der Waals surface area contributed by atoms with Gasteiger partial charge in [0.15, 0.2) is 11.6 Å². The highest BCUT2D eigenvalue weighted by molar-refractivity contribution is 5.23. The summed E-state index contributed by atoms with van der Waals surface area (Å²) in [5, 5.41) is 0. The van der Waals surface area contributed by atoms with Crippen LogP contribution >= 0.6 is 0 Å². The summed E-state index contributed by atoms with van der Waals surface area (Å²) < 4.78 is 62.4. The van der Waals surface area contributed by atoms with Gasteiger partial charge in [0.1, 0.15) is 5.82 Å². The maximum Gasteiger partial charge on any atom is 0.573 e. The SMILES string of the molecule is Fc1c[c]c(OC(F)(F)F)c(F)c1. The fourth-order valence-electron chi connectivity index (χ4n) is 0.626. The summed E-state index contributed by atoms with van der Waals surface area (Å²) in [4.78, 5) is 0. The van der Waals surface area contributed by atoms with Gasteiger partial charge in [0.2, 0.25) is 0 Å². The van der Waals surface area contributed by atoms with Crippen molar-refractivity contribution in [2.75, 3.05) is 0 Å². The van der Waals surface area contributed by atoms with E-state index in [0.29, 0.717) is 6.07 Å². The molecule has 0 saturated heterocycles. The van der Waals surface area contributed by atoms with Crippen molar-refractivity contribution in [1.29, 1.82) is 0 Å². The average molecular weight is 197 g/mol. The van der Waals surface area contributed by atoms with Gasteiger partial charge in [-0.15, -0.1) is 13.2 Å². The fourth-order valence-corrected chi connectivity index (χ4v) is 0.626. The largest absolute Gasteiger partial charge is 0.573 e. The van der Waals surface area contributed by atoms with Crippen molar-refractivity contribution in [3.63, 3.8) is 0 Å². The van der Waals surface area contributed by atoms with E-state index in [1.807, 2.05) is 0 Å². The van der Waals surface area contributed by atoms with Crippen molar-refractivity contribution >= 4 is 0 Å². The smallest absolute Gasteiger partial charge is 0.402 e. The van der Waals surface area contributed by atoms with Gasteiger partial charge < -0.3 is 4.74 Å². The van der Waals surface area contributed by atoms with Crippen molar-refractivity contribution < 1.29 is 26.7 Å². The first kappa shape index (κ1) is 9.76. The molecule has 0 spiro atoms. The Morgan fingerprint density at radius 1 is 1.23 bits per heavy atom. The summed E-state index contributed by atoms with van der Waals surface area (Å²) in [6, 6.07) is 2.49. The minimum atomic E-state index is -5.00. The second kappa shape index (κ2) is 3.20. The predicted molar refractivity (Wildman–Crippen MR) is 31.9 cm³/mol. The van der Waals surface area contributed by atoms with E-state index in [1.54, 1.807) is 6.07 Å². The zero-order chi connectivity index (χ0) is 10.1. The highest BCUT2D eigenvalue weighted by atomic mass is 19.4. The second-order valence-corrected chi connectivity index (χ2v) is 2.04. The first-order valence-corrected chi connectivity index (χ1v) is 3.01. The second-order valence-electron chi connectivity index (χ2n) is 2.04. The van der Waals surface area contributed by atoms with Crippen LogP contribution in [0.5, 0.6) is 5.75 Å². The zero-order valence-corrected chi connectivity index (χ0v) is 5.95. The molecule has 0 heterocycles. The lowest BCUT2D eigenvalue weighted by Crippen LogP contribution is -2.18. The van der Waals surface area contributed by atoms with Gasteiger partial charge in [0, 0.05) is 12.1 Å². The van der Waals surface area contributed by atoms with Crippen LogP contribution in [0.15, 0.2) is 12.1 Å². The molecule has 0 aromatic heterocycles. The summed E-state index contributed by atoms with van der Waals surface area (Å²) in [7, 11) is 0. The van der Waals surface area contributed by atoms with Crippen LogP contribution in [-0.2, 0) is 0 Å². The van der Waals surface area contributed by atoms with E-state index in [0.717, 1.165) is 0 Å². The minimum Gasteiger partial charge on any atom is -0.402 e. The predicted octanol–water partition coefficient (Wildman–Crippen LogP) is 2.66. The Kier molecular flexibility index (Phi) is 2.40. The number of benzene rings is 1. The molecule has 13 heavy (non-hydrogen) atoms. The normalized spacial score (nSPS) is 11.5. The van der Waals surface area contributed by atoms with E-state index in [9.17, 15) is 22.0 Å². The Hall–Kier alpha value is -1.33. The summed E-state index contributed by atoms with van der Waals surface area (Å²) in [6.07, 6.45) is -5.00. The van der Waals surface area contributed by atoms with Crippen LogP contribution < -0.4 is 4.74 Å². The minimum absolute atomic E-state index is 0.275. The molecule has 1 rings (SSSR count). The first-order valence-electron chi connectivity index (χ1n) is 3.01. The van der Waals surface area contributed by atoms with Crippen molar-refractivity contribution in [1.82, 2.24) is 0 Å². The molecule has 6 heteroatoms. The van der Waals surface area contributed by atoms with Gasteiger partial charge in [-0.05, 0) is 6.07 Å². The van der Waals surface area contributed by atoms with Gasteiger partial charge in [-0.3, -0.25) is 0 Å². The molecule has 0 N–H and O–H groups in total. The molecule has 0 unspecified atom stereocenters. The molecule has 0 atom stereocenters. The Bertz CT molecular complexity index is 306. The molecular formula is C7H2F5O. The molecule has 0 amide bonds. The van der Waals surface area contributed by atoms with Crippen molar-refractivity contribution in [2.24, 2.45) is 0 Å². The summed E-state index contributed by atoms with van der Waals surface area (Å²) in [5.41, 5.74) is 0. The molecule has 1 radical (unpaired) electrons. The summed E-state index contributed by atoms with van der Waals surface area (Å²) >= 11 is 0. The van der Waals surface area contributed by atoms with Crippen LogP contribution in [0.1, 0.15) is 0 Å². The van der Waals surface area contributed by atoms with Gasteiger partial charge in [0.25, 0.3) is 0 Å². The Morgan fingerprint density at radius 2 is 1.85 bits per heavy atom. The van der Waals surface area contributed by atoms with Crippen LogP contribution in [0, 0.1) is 17.7 Å². The topological polar surface area (TPSA) is 9.23 Å². The number of hydrogen-bond acceptors (Lipinski definition) is 1.